The van der Waals surface area contributed by atoms with Crippen molar-refractivity contribution in [2.45, 2.75) is 45.6 Å². The largest absolute Gasteiger partial charge is 0.480 e. The Balaban J connectivity index is 2.41. The van der Waals surface area contributed by atoms with Gasteiger partial charge in [0.15, 0.2) is 0 Å². The van der Waals surface area contributed by atoms with Crippen molar-refractivity contribution in [3.63, 3.8) is 0 Å². The van der Waals surface area contributed by atoms with Crippen LogP contribution in [0.15, 0.2) is 30.5 Å². The van der Waals surface area contributed by atoms with Crippen molar-refractivity contribution in [3.05, 3.63) is 46.7 Å². The van der Waals surface area contributed by atoms with Gasteiger partial charge in [-0.25, -0.2) is 9.48 Å². The summed E-state index contributed by atoms with van der Waals surface area (Å²) in [4.78, 5) is 23.9. The van der Waals surface area contributed by atoms with Crippen LogP contribution >= 0.6 is 11.6 Å². The molecule has 1 aromatic heterocycles. The third-order valence-corrected chi connectivity index (χ3v) is 4.18. The van der Waals surface area contributed by atoms with E-state index in [1.807, 2.05) is 39.0 Å². The molecule has 2 rings (SSSR count). The van der Waals surface area contributed by atoms with E-state index in [4.69, 9.17) is 11.6 Å². The molecule has 1 atom stereocenters. The average molecular weight is 364 g/mol. The first-order valence-electron chi connectivity index (χ1n) is 8.23. The van der Waals surface area contributed by atoms with Crippen LogP contribution in [-0.4, -0.2) is 32.8 Å². The van der Waals surface area contributed by atoms with E-state index in [-0.39, 0.29) is 5.92 Å². The van der Waals surface area contributed by atoms with Gasteiger partial charge in [-0.1, -0.05) is 50.9 Å². The number of amides is 1. The van der Waals surface area contributed by atoms with Crippen LogP contribution in [-0.2, 0) is 4.79 Å². The van der Waals surface area contributed by atoms with Crippen molar-refractivity contribution in [1.29, 1.82) is 0 Å². The van der Waals surface area contributed by atoms with Gasteiger partial charge < -0.3 is 10.4 Å². The number of halogens is 1. The number of carboxylic acid groups (broad SMARTS) is 1. The minimum Gasteiger partial charge on any atom is -0.480 e. The summed E-state index contributed by atoms with van der Waals surface area (Å²) in [6, 6.07) is 6.32. The summed E-state index contributed by atoms with van der Waals surface area (Å²) in [5.41, 5.74) is 1.72. The number of hydrogen-bond donors (Lipinski definition) is 2. The van der Waals surface area contributed by atoms with Crippen molar-refractivity contribution in [3.8, 4) is 5.69 Å². The SMILES string of the molecule is CCCC(NC(=O)c1cnn(-c2ccccc2Cl)c1C(C)C)C(=O)O. The predicted octanol–water partition coefficient (Wildman–Crippen LogP) is 3.63. The van der Waals surface area contributed by atoms with Gasteiger partial charge in [0.2, 0.25) is 0 Å². The second-order valence-electron chi connectivity index (χ2n) is 6.11. The van der Waals surface area contributed by atoms with Gasteiger partial charge >= 0.3 is 5.97 Å². The minimum absolute atomic E-state index is 0.00558. The number of benzene rings is 1. The number of carbonyl (C=O) groups is 2. The Bertz CT molecular complexity index is 771. The van der Waals surface area contributed by atoms with Crippen molar-refractivity contribution >= 4 is 23.5 Å². The number of aliphatic carboxylic acids is 1. The van der Waals surface area contributed by atoms with Crippen LogP contribution in [0.4, 0.5) is 0 Å². The maximum Gasteiger partial charge on any atom is 0.326 e. The molecule has 0 aliphatic rings. The van der Waals surface area contributed by atoms with Crippen LogP contribution in [0.1, 0.15) is 55.6 Å². The Labute approximate surface area is 151 Å². The molecule has 25 heavy (non-hydrogen) atoms. The van der Waals surface area contributed by atoms with Crippen molar-refractivity contribution in [2.24, 2.45) is 0 Å². The lowest BCUT2D eigenvalue weighted by Gasteiger charge is -2.16. The molecular weight excluding hydrogens is 342 g/mol. The van der Waals surface area contributed by atoms with Crippen LogP contribution in [0.25, 0.3) is 5.69 Å². The van der Waals surface area contributed by atoms with Crippen molar-refractivity contribution in [1.82, 2.24) is 15.1 Å². The van der Waals surface area contributed by atoms with E-state index in [1.54, 1.807) is 10.7 Å². The van der Waals surface area contributed by atoms with Gasteiger partial charge in [-0.05, 0) is 24.5 Å². The van der Waals surface area contributed by atoms with Gasteiger partial charge in [-0.3, -0.25) is 4.79 Å². The number of aromatic nitrogens is 2. The first-order chi connectivity index (χ1) is 11.9. The summed E-state index contributed by atoms with van der Waals surface area (Å²) in [5.74, 6) is -1.49. The molecule has 2 N–H and O–H groups in total. The van der Waals surface area contributed by atoms with Crippen LogP contribution in [0.2, 0.25) is 5.02 Å². The number of hydrogen-bond acceptors (Lipinski definition) is 3. The van der Waals surface area contributed by atoms with E-state index >= 15 is 0 Å². The normalized spacial score (nSPS) is 12.2. The van der Waals surface area contributed by atoms with Gasteiger partial charge in [0.1, 0.15) is 6.04 Å². The summed E-state index contributed by atoms with van der Waals surface area (Å²) in [7, 11) is 0. The molecule has 0 spiro atoms. The fourth-order valence-corrected chi connectivity index (χ4v) is 2.90. The molecule has 7 heteroatoms. The topological polar surface area (TPSA) is 84.2 Å². The van der Waals surface area contributed by atoms with Gasteiger partial charge in [-0.15, -0.1) is 0 Å². The standard InChI is InChI=1S/C18H22ClN3O3/c1-4-7-14(18(24)25)21-17(23)12-10-20-22(16(12)11(2)3)15-9-6-5-8-13(15)19/h5-6,8-11,14H,4,7H2,1-3H3,(H,21,23)(H,24,25). The number of carboxylic acids is 1. The first kappa shape index (κ1) is 19.0. The Hall–Kier alpha value is -2.34. The highest BCUT2D eigenvalue weighted by Crippen LogP contribution is 2.27. The zero-order valence-electron chi connectivity index (χ0n) is 14.5. The smallest absolute Gasteiger partial charge is 0.326 e. The molecule has 0 aliphatic heterocycles. The molecule has 0 saturated heterocycles. The van der Waals surface area contributed by atoms with E-state index < -0.39 is 17.9 Å². The Morgan fingerprint density at radius 3 is 2.56 bits per heavy atom. The van der Waals surface area contributed by atoms with Gasteiger partial charge in [-0.2, -0.15) is 5.10 Å². The van der Waals surface area contributed by atoms with E-state index in [0.717, 1.165) is 0 Å². The third-order valence-electron chi connectivity index (χ3n) is 3.86. The summed E-state index contributed by atoms with van der Waals surface area (Å²) in [6.45, 7) is 5.76. The van der Waals surface area contributed by atoms with Crippen LogP contribution in [0, 0.1) is 0 Å². The van der Waals surface area contributed by atoms with Gasteiger partial charge in [0, 0.05) is 0 Å². The monoisotopic (exact) mass is 363 g/mol. The fraction of sp³-hybridized carbons (Fsp3) is 0.389. The highest BCUT2D eigenvalue weighted by molar-refractivity contribution is 6.32. The zero-order valence-corrected chi connectivity index (χ0v) is 15.2. The van der Waals surface area contributed by atoms with E-state index in [1.165, 1.54) is 6.20 Å². The second kappa shape index (κ2) is 8.16. The third kappa shape index (κ3) is 4.20. The molecule has 6 nitrogen and oxygen atoms in total. The van der Waals surface area contributed by atoms with Gasteiger partial charge in [0.25, 0.3) is 5.91 Å². The Morgan fingerprint density at radius 2 is 2.00 bits per heavy atom. The Morgan fingerprint density at radius 1 is 1.32 bits per heavy atom. The number of nitrogens with one attached hydrogen (secondary N) is 1. The molecule has 1 heterocycles. The molecule has 0 radical (unpaired) electrons. The lowest BCUT2D eigenvalue weighted by molar-refractivity contribution is -0.139. The first-order valence-corrected chi connectivity index (χ1v) is 8.61. The van der Waals surface area contributed by atoms with E-state index in [9.17, 15) is 14.7 Å². The number of para-hydroxylation sites is 1. The molecule has 0 fully saturated rings. The van der Waals surface area contributed by atoms with E-state index in [0.29, 0.717) is 34.8 Å². The highest BCUT2D eigenvalue weighted by Gasteiger charge is 2.25. The van der Waals surface area contributed by atoms with Gasteiger partial charge in [0.05, 0.1) is 28.2 Å². The summed E-state index contributed by atoms with van der Waals surface area (Å²) >= 11 is 6.25. The maximum atomic E-state index is 12.6. The molecule has 1 amide bonds. The molecule has 134 valence electrons. The van der Waals surface area contributed by atoms with Crippen LogP contribution in [0.3, 0.4) is 0 Å². The van der Waals surface area contributed by atoms with Crippen LogP contribution in [0.5, 0.6) is 0 Å². The van der Waals surface area contributed by atoms with E-state index in [2.05, 4.69) is 10.4 Å². The molecule has 1 unspecified atom stereocenters. The zero-order chi connectivity index (χ0) is 18.6. The Kier molecular flexibility index (Phi) is 6.20. The molecule has 0 bridgehead atoms. The highest BCUT2D eigenvalue weighted by atomic mass is 35.5. The fourth-order valence-electron chi connectivity index (χ4n) is 2.69. The number of nitrogens with zero attached hydrogens (tertiary/aromatic N) is 2. The van der Waals surface area contributed by atoms with Crippen molar-refractivity contribution < 1.29 is 14.7 Å². The number of carbonyl (C=O) groups excluding carboxylic acids is 1. The summed E-state index contributed by atoms with van der Waals surface area (Å²) < 4.78 is 1.64. The lowest BCUT2D eigenvalue weighted by Crippen LogP contribution is -2.40. The molecular formula is C18H22ClN3O3. The quantitative estimate of drug-likeness (QED) is 0.786. The second-order valence-corrected chi connectivity index (χ2v) is 6.52. The van der Waals surface area contributed by atoms with Crippen LogP contribution < -0.4 is 5.32 Å². The predicted molar refractivity (Wildman–Crippen MR) is 96.5 cm³/mol. The molecule has 2 aromatic rings. The summed E-state index contributed by atoms with van der Waals surface area (Å²) in [5, 5.41) is 16.7. The summed E-state index contributed by atoms with van der Waals surface area (Å²) in [6.07, 6.45) is 2.49. The lowest BCUT2D eigenvalue weighted by atomic mass is 10.0. The minimum atomic E-state index is -1.04. The molecule has 0 aliphatic carbocycles. The maximum absolute atomic E-state index is 12.6. The van der Waals surface area contributed by atoms with Crippen molar-refractivity contribution in [2.75, 3.05) is 0 Å². The number of rotatable bonds is 7. The molecule has 0 saturated carbocycles. The average Bonchev–Trinajstić information content (AvgIpc) is 2.99. The molecule has 1 aromatic carbocycles.